The van der Waals surface area contributed by atoms with Gasteiger partial charge in [-0.2, -0.15) is 5.10 Å². The molecule has 0 radical (unpaired) electrons. The molecule has 0 aliphatic rings. The highest BCUT2D eigenvalue weighted by molar-refractivity contribution is 6.05. The smallest absolute Gasteiger partial charge is 0.268 e. The molecule has 0 unspecified atom stereocenters. The number of nitrogens with one attached hydrogen (secondary N) is 2. The summed E-state index contributed by atoms with van der Waals surface area (Å²) in [4.78, 5) is 37.4. The van der Waals surface area contributed by atoms with Gasteiger partial charge in [0.15, 0.2) is 5.69 Å². The van der Waals surface area contributed by atoms with E-state index in [1.807, 2.05) is 31.2 Å². The number of hydrogen-bond donors (Lipinski definition) is 2. The van der Waals surface area contributed by atoms with Crippen LogP contribution in [0.2, 0.25) is 0 Å². The Morgan fingerprint density at radius 3 is 2.28 bits per heavy atom. The molecule has 32 heavy (non-hydrogen) atoms. The van der Waals surface area contributed by atoms with Gasteiger partial charge in [-0.3, -0.25) is 25.2 Å². The topological polar surface area (TPSA) is 93.1 Å². The average Bonchev–Trinajstić information content (AvgIpc) is 2.77. The van der Waals surface area contributed by atoms with Crippen molar-refractivity contribution in [3.8, 4) is 0 Å². The summed E-state index contributed by atoms with van der Waals surface area (Å²) in [6.07, 6.45) is 3.71. The largest absolute Gasteiger partial charge is 0.290 e. The van der Waals surface area contributed by atoms with Crippen LogP contribution in [-0.2, 0) is 16.8 Å². The van der Waals surface area contributed by atoms with Crippen LogP contribution in [0.25, 0.3) is 16.8 Å². The van der Waals surface area contributed by atoms with E-state index in [9.17, 15) is 14.4 Å². The molecule has 0 saturated carbocycles. The molecule has 0 saturated heterocycles. The number of hydrazine groups is 1. The summed E-state index contributed by atoms with van der Waals surface area (Å²) in [6.45, 7) is 8.74. The molecule has 1 aromatic heterocycles. The van der Waals surface area contributed by atoms with Crippen molar-refractivity contribution < 1.29 is 9.59 Å². The number of aryl methyl sites for hydroxylation is 1. The molecule has 2 N–H and O–H groups in total. The van der Waals surface area contributed by atoms with E-state index in [-0.39, 0.29) is 16.7 Å². The third-order valence-corrected chi connectivity index (χ3v) is 5.02. The van der Waals surface area contributed by atoms with E-state index in [0.717, 1.165) is 5.56 Å². The summed E-state index contributed by atoms with van der Waals surface area (Å²) in [5, 5.41) is 5.06. The van der Waals surface area contributed by atoms with Crippen LogP contribution < -0.4 is 16.4 Å². The highest BCUT2D eigenvalue weighted by Gasteiger charge is 2.17. The first-order valence-electron chi connectivity index (χ1n) is 10.6. The van der Waals surface area contributed by atoms with E-state index in [1.165, 1.54) is 16.3 Å². The second kappa shape index (κ2) is 9.60. The highest BCUT2D eigenvalue weighted by Crippen LogP contribution is 2.22. The second-order valence-corrected chi connectivity index (χ2v) is 8.57. The SMILES string of the molecule is CCCn1nc(C(=O)NNC(=O)/C=C/c2ccc(C(C)(C)C)cc2)c2ccccc2c1=O. The monoisotopic (exact) mass is 432 g/mol. The maximum Gasteiger partial charge on any atom is 0.290 e. The van der Waals surface area contributed by atoms with Gasteiger partial charge in [0.05, 0.1) is 5.39 Å². The minimum Gasteiger partial charge on any atom is -0.268 e. The van der Waals surface area contributed by atoms with Gasteiger partial charge in [0, 0.05) is 18.0 Å². The van der Waals surface area contributed by atoms with Crippen LogP contribution in [0.15, 0.2) is 59.4 Å². The highest BCUT2D eigenvalue weighted by atomic mass is 16.2. The van der Waals surface area contributed by atoms with Gasteiger partial charge >= 0.3 is 0 Å². The predicted molar refractivity (Wildman–Crippen MR) is 126 cm³/mol. The van der Waals surface area contributed by atoms with Crippen LogP contribution in [0, 0.1) is 0 Å². The minimum atomic E-state index is -0.595. The molecule has 0 atom stereocenters. The van der Waals surface area contributed by atoms with Gasteiger partial charge in [-0.25, -0.2) is 4.68 Å². The normalized spacial score (nSPS) is 11.6. The van der Waals surface area contributed by atoms with Crippen molar-refractivity contribution in [2.75, 3.05) is 0 Å². The molecule has 3 rings (SSSR count). The number of aromatic nitrogens is 2. The Morgan fingerprint density at radius 1 is 1.00 bits per heavy atom. The first-order chi connectivity index (χ1) is 15.2. The first kappa shape index (κ1) is 22.9. The van der Waals surface area contributed by atoms with Gasteiger partial charge in [-0.15, -0.1) is 0 Å². The lowest BCUT2D eigenvalue weighted by Gasteiger charge is -2.18. The Balaban J connectivity index is 1.71. The summed E-state index contributed by atoms with van der Waals surface area (Å²) >= 11 is 0. The zero-order chi connectivity index (χ0) is 23.3. The average molecular weight is 433 g/mol. The number of fused-ring (bicyclic) bond motifs is 1. The number of nitrogens with zero attached hydrogens (tertiary/aromatic N) is 2. The summed E-state index contributed by atoms with van der Waals surface area (Å²) in [5.74, 6) is -1.08. The molecule has 2 aromatic carbocycles. The van der Waals surface area contributed by atoms with Gasteiger partial charge in [0.2, 0.25) is 0 Å². The fourth-order valence-electron chi connectivity index (χ4n) is 3.25. The van der Waals surface area contributed by atoms with E-state index in [4.69, 9.17) is 0 Å². The third-order valence-electron chi connectivity index (χ3n) is 5.02. The van der Waals surface area contributed by atoms with Crippen LogP contribution in [0.5, 0.6) is 0 Å². The zero-order valence-corrected chi connectivity index (χ0v) is 18.8. The molecule has 0 fully saturated rings. The van der Waals surface area contributed by atoms with E-state index in [1.54, 1.807) is 30.3 Å². The Labute approximate surface area is 187 Å². The molecule has 0 bridgehead atoms. The van der Waals surface area contributed by atoms with Gasteiger partial charge in [0.25, 0.3) is 17.4 Å². The van der Waals surface area contributed by atoms with Crippen molar-refractivity contribution >= 4 is 28.7 Å². The maximum atomic E-state index is 12.7. The van der Waals surface area contributed by atoms with E-state index < -0.39 is 11.8 Å². The third kappa shape index (κ3) is 5.29. The van der Waals surface area contributed by atoms with Crippen LogP contribution in [0.3, 0.4) is 0 Å². The molecular formula is C25H28N4O3. The van der Waals surface area contributed by atoms with Crippen LogP contribution in [-0.4, -0.2) is 21.6 Å². The number of carbonyl (C=O) groups is 2. The quantitative estimate of drug-likeness (QED) is 0.476. The van der Waals surface area contributed by atoms with Crippen molar-refractivity contribution in [2.45, 2.75) is 46.1 Å². The molecule has 0 spiro atoms. The molecule has 3 aromatic rings. The Morgan fingerprint density at radius 2 is 1.66 bits per heavy atom. The summed E-state index contributed by atoms with van der Waals surface area (Å²) in [7, 11) is 0. The zero-order valence-electron chi connectivity index (χ0n) is 18.8. The standard InChI is InChI=1S/C25H28N4O3/c1-5-16-29-24(32)20-9-7-6-8-19(20)22(28-29)23(31)27-26-21(30)15-12-17-10-13-18(14-11-17)25(2,3)4/h6-15H,5,16H2,1-4H3,(H,26,30)(H,27,31)/b15-12+. The van der Waals surface area contributed by atoms with Gasteiger partial charge < -0.3 is 0 Å². The Bertz CT molecular complexity index is 1220. The predicted octanol–water partition coefficient (Wildman–Crippen LogP) is 3.58. The van der Waals surface area contributed by atoms with Crippen LogP contribution >= 0.6 is 0 Å². The van der Waals surface area contributed by atoms with E-state index in [0.29, 0.717) is 23.7 Å². The number of rotatable bonds is 5. The Hall–Kier alpha value is -3.74. The molecule has 166 valence electrons. The Kier molecular flexibility index (Phi) is 6.88. The first-order valence-corrected chi connectivity index (χ1v) is 10.6. The van der Waals surface area contributed by atoms with E-state index >= 15 is 0 Å². The van der Waals surface area contributed by atoms with Crippen LogP contribution in [0.4, 0.5) is 0 Å². The molecule has 0 aliphatic carbocycles. The lowest BCUT2D eigenvalue weighted by atomic mass is 9.87. The van der Waals surface area contributed by atoms with Crippen LogP contribution in [0.1, 0.15) is 55.7 Å². The lowest BCUT2D eigenvalue weighted by Crippen LogP contribution is -2.42. The van der Waals surface area contributed by atoms with Crippen molar-refractivity contribution in [2.24, 2.45) is 0 Å². The van der Waals surface area contributed by atoms with Crippen molar-refractivity contribution in [3.63, 3.8) is 0 Å². The number of benzene rings is 2. The fraction of sp³-hybridized carbons (Fsp3) is 0.280. The molecule has 1 heterocycles. The van der Waals surface area contributed by atoms with Crippen molar-refractivity contribution in [1.29, 1.82) is 0 Å². The summed E-state index contributed by atoms with van der Waals surface area (Å²) in [5.41, 5.74) is 6.71. The van der Waals surface area contributed by atoms with Gasteiger partial charge in [-0.1, -0.05) is 70.2 Å². The van der Waals surface area contributed by atoms with Crippen molar-refractivity contribution in [3.05, 3.63) is 81.8 Å². The molecule has 0 aliphatic heterocycles. The van der Waals surface area contributed by atoms with Gasteiger partial charge in [-0.05, 0) is 35.1 Å². The molecule has 7 heteroatoms. The second-order valence-electron chi connectivity index (χ2n) is 8.57. The van der Waals surface area contributed by atoms with Gasteiger partial charge in [0.1, 0.15) is 0 Å². The summed E-state index contributed by atoms with van der Waals surface area (Å²) < 4.78 is 1.28. The van der Waals surface area contributed by atoms with Crippen molar-refractivity contribution in [1.82, 2.24) is 20.6 Å². The number of carbonyl (C=O) groups excluding carboxylic acids is 2. The number of hydrogen-bond acceptors (Lipinski definition) is 4. The molecule has 7 nitrogen and oxygen atoms in total. The lowest BCUT2D eigenvalue weighted by molar-refractivity contribution is -0.117. The molecule has 2 amide bonds. The van der Waals surface area contributed by atoms with E-state index in [2.05, 4.69) is 36.7 Å². The fourth-order valence-corrected chi connectivity index (χ4v) is 3.25. The number of amides is 2. The maximum absolute atomic E-state index is 12.7. The minimum absolute atomic E-state index is 0.0572. The molecular weight excluding hydrogens is 404 g/mol. The summed E-state index contributed by atoms with van der Waals surface area (Å²) in [6, 6.07) is 14.7.